The third-order valence-electron chi connectivity index (χ3n) is 7.38. The molecule has 214 valence electrons. The first-order valence-electron chi connectivity index (χ1n) is 13.0. The number of carbonyl (C=O) groups is 3. The molecule has 6 rings (SSSR count). The highest BCUT2D eigenvalue weighted by Gasteiger charge is 2.40. The van der Waals surface area contributed by atoms with Crippen molar-refractivity contribution in [2.75, 3.05) is 11.9 Å². The number of amides is 3. The van der Waals surface area contributed by atoms with Crippen LogP contribution in [0.1, 0.15) is 22.5 Å². The molecular weight excluding hydrogens is 634 g/mol. The normalized spacial score (nSPS) is 17.6. The van der Waals surface area contributed by atoms with Crippen LogP contribution in [0.5, 0.6) is 0 Å². The summed E-state index contributed by atoms with van der Waals surface area (Å²) >= 11 is 9.87. The molecule has 0 saturated carbocycles. The molecule has 4 aromatic rings. The Labute approximate surface area is 251 Å². The van der Waals surface area contributed by atoms with Crippen LogP contribution in [-0.4, -0.2) is 57.4 Å². The molecule has 3 aromatic carbocycles. The van der Waals surface area contributed by atoms with Gasteiger partial charge in [0, 0.05) is 40.0 Å². The summed E-state index contributed by atoms with van der Waals surface area (Å²) in [6, 6.07) is 11.8. The van der Waals surface area contributed by atoms with E-state index in [-0.39, 0.29) is 36.5 Å². The molecule has 9 nitrogen and oxygen atoms in total. The van der Waals surface area contributed by atoms with E-state index in [9.17, 15) is 18.8 Å². The maximum absolute atomic E-state index is 15.7. The summed E-state index contributed by atoms with van der Waals surface area (Å²) in [5.41, 5.74) is 7.86. The second kappa shape index (κ2) is 10.9. The third kappa shape index (κ3) is 4.94. The maximum Gasteiger partial charge on any atom is 0.269 e. The van der Waals surface area contributed by atoms with E-state index in [2.05, 4.69) is 31.3 Å². The molecule has 3 N–H and O–H groups in total. The number of carbonyl (C=O) groups excluding carboxylic acids is 3. The number of nitrogens with two attached hydrogens (primary N) is 1. The number of rotatable bonds is 6. The molecule has 3 heterocycles. The summed E-state index contributed by atoms with van der Waals surface area (Å²) in [5, 5.41) is 7.45. The quantitative estimate of drug-likeness (QED) is 0.297. The van der Waals surface area contributed by atoms with E-state index in [0.717, 1.165) is 10.5 Å². The maximum atomic E-state index is 15.7. The molecule has 0 spiro atoms. The molecule has 13 heteroatoms. The van der Waals surface area contributed by atoms with Crippen molar-refractivity contribution >= 4 is 73.7 Å². The van der Waals surface area contributed by atoms with Gasteiger partial charge < -0.3 is 16.0 Å². The molecule has 2 aliphatic heterocycles. The summed E-state index contributed by atoms with van der Waals surface area (Å²) in [7, 11) is 0. The molecule has 0 aliphatic carbocycles. The van der Waals surface area contributed by atoms with Crippen molar-refractivity contribution in [2.45, 2.75) is 31.6 Å². The Kier molecular flexibility index (Phi) is 7.27. The first-order chi connectivity index (χ1) is 20.1. The van der Waals surface area contributed by atoms with Gasteiger partial charge in [-0.2, -0.15) is 5.10 Å². The summed E-state index contributed by atoms with van der Waals surface area (Å²) in [4.78, 5) is 44.0. The Morgan fingerprint density at radius 3 is 2.74 bits per heavy atom. The van der Waals surface area contributed by atoms with Crippen LogP contribution in [0, 0.1) is 5.82 Å². The van der Waals surface area contributed by atoms with E-state index in [1.165, 1.54) is 16.8 Å². The minimum atomic E-state index is -1.46. The fourth-order valence-corrected chi connectivity index (χ4v) is 6.08. The number of halogens is 4. The van der Waals surface area contributed by atoms with Crippen molar-refractivity contribution in [1.82, 2.24) is 14.7 Å². The van der Waals surface area contributed by atoms with Crippen molar-refractivity contribution in [1.29, 1.82) is 0 Å². The zero-order chi connectivity index (χ0) is 29.7. The number of primary amides is 1. The van der Waals surface area contributed by atoms with Crippen molar-refractivity contribution in [2.24, 2.45) is 10.7 Å². The van der Waals surface area contributed by atoms with Gasteiger partial charge in [-0.15, -0.1) is 0 Å². The highest BCUT2D eigenvalue weighted by Crippen LogP contribution is 2.41. The number of hydrogen-bond donors (Lipinski definition) is 2. The van der Waals surface area contributed by atoms with Crippen molar-refractivity contribution < 1.29 is 23.2 Å². The average molecular weight is 656 g/mol. The molecule has 0 bridgehead atoms. The molecule has 2 aliphatic rings. The SMILES string of the molecule is NC(=O)c1nn(CC(=O)N2C[C@H](F)C[C@H]2C(=O)Nc2cccc(-c3ccc4c(c3Cl)N=CC4)c2F)c2ccc(Br)cc12. The number of likely N-dealkylation sites (tertiary alicyclic amines) is 1. The summed E-state index contributed by atoms with van der Waals surface area (Å²) in [5.74, 6) is -2.84. The Hall–Kier alpha value is -4.16. The number of hydrogen-bond acceptors (Lipinski definition) is 5. The van der Waals surface area contributed by atoms with Gasteiger partial charge >= 0.3 is 0 Å². The second-order valence-corrected chi connectivity index (χ2v) is 11.3. The van der Waals surface area contributed by atoms with E-state index >= 15 is 4.39 Å². The molecule has 42 heavy (non-hydrogen) atoms. The predicted molar refractivity (Wildman–Crippen MR) is 158 cm³/mol. The minimum Gasteiger partial charge on any atom is -0.364 e. The number of anilines is 1. The van der Waals surface area contributed by atoms with Gasteiger partial charge in [0.1, 0.15) is 18.8 Å². The Morgan fingerprint density at radius 1 is 1.14 bits per heavy atom. The smallest absolute Gasteiger partial charge is 0.269 e. The first kappa shape index (κ1) is 28.0. The first-order valence-corrected chi connectivity index (χ1v) is 14.1. The van der Waals surface area contributed by atoms with Gasteiger partial charge in [-0.3, -0.25) is 24.1 Å². The van der Waals surface area contributed by atoms with E-state index in [0.29, 0.717) is 38.1 Å². The van der Waals surface area contributed by atoms with E-state index < -0.39 is 35.8 Å². The van der Waals surface area contributed by atoms with Crippen LogP contribution in [0.25, 0.3) is 22.0 Å². The molecule has 0 unspecified atom stereocenters. The standard InChI is InChI=1S/C29H22BrClF2N6O3/c30-15-5-7-21-19(10-15)27(28(34)41)37-39(21)13-23(40)38-12-16(32)11-22(38)29(42)36-20-3-1-2-18(25(20)33)17-6-4-14-8-9-35-26(14)24(17)31/h1-7,9-10,16,22H,8,11-13H2,(H2,34,41)(H,36,42)/t16-,22+/m1/s1. The Balaban J connectivity index is 1.24. The van der Waals surface area contributed by atoms with E-state index in [4.69, 9.17) is 17.3 Å². The molecule has 0 radical (unpaired) electrons. The van der Waals surface area contributed by atoms with Gasteiger partial charge in [-0.1, -0.05) is 51.8 Å². The lowest BCUT2D eigenvalue weighted by Crippen LogP contribution is -2.44. The Morgan fingerprint density at radius 2 is 1.95 bits per heavy atom. The van der Waals surface area contributed by atoms with Crippen molar-refractivity contribution in [3.05, 3.63) is 75.1 Å². The second-order valence-electron chi connectivity index (χ2n) is 10.0. The van der Waals surface area contributed by atoms with Crippen LogP contribution < -0.4 is 11.1 Å². The molecule has 1 aromatic heterocycles. The number of nitrogens with one attached hydrogen (secondary N) is 1. The zero-order valence-corrected chi connectivity index (χ0v) is 24.1. The zero-order valence-electron chi connectivity index (χ0n) is 21.8. The predicted octanol–water partition coefficient (Wildman–Crippen LogP) is 5.19. The highest BCUT2D eigenvalue weighted by molar-refractivity contribution is 9.10. The van der Waals surface area contributed by atoms with Gasteiger partial charge in [0.2, 0.25) is 11.8 Å². The van der Waals surface area contributed by atoms with Crippen LogP contribution >= 0.6 is 27.5 Å². The van der Waals surface area contributed by atoms with Crippen molar-refractivity contribution in [3.63, 3.8) is 0 Å². The number of aromatic nitrogens is 2. The van der Waals surface area contributed by atoms with Crippen molar-refractivity contribution in [3.8, 4) is 11.1 Å². The van der Waals surface area contributed by atoms with Crippen LogP contribution in [-0.2, 0) is 22.6 Å². The lowest BCUT2D eigenvalue weighted by Gasteiger charge is -2.24. The van der Waals surface area contributed by atoms with Gasteiger partial charge in [-0.05, 0) is 29.8 Å². The number of nitrogens with zero attached hydrogens (tertiary/aromatic N) is 4. The number of fused-ring (bicyclic) bond motifs is 2. The minimum absolute atomic E-state index is 0.0242. The molecule has 1 saturated heterocycles. The Bertz CT molecular complexity index is 1830. The molecule has 3 amide bonds. The number of alkyl halides is 1. The highest BCUT2D eigenvalue weighted by atomic mass is 79.9. The molecular formula is C29H22BrClF2N6O3. The topological polar surface area (TPSA) is 123 Å². The van der Waals surface area contributed by atoms with Crippen LogP contribution in [0.15, 0.2) is 58.0 Å². The monoisotopic (exact) mass is 654 g/mol. The molecule has 2 atom stereocenters. The third-order valence-corrected chi connectivity index (χ3v) is 8.26. The van der Waals surface area contributed by atoms with Gasteiger partial charge in [0.15, 0.2) is 11.5 Å². The summed E-state index contributed by atoms with van der Waals surface area (Å²) in [6.45, 7) is -0.691. The fraction of sp³-hybridized carbons (Fsp3) is 0.207. The van der Waals surface area contributed by atoms with E-state index in [1.54, 1.807) is 36.5 Å². The number of benzene rings is 3. The summed E-state index contributed by atoms with van der Waals surface area (Å²) < 4.78 is 32.2. The van der Waals surface area contributed by atoms with Crippen LogP contribution in [0.3, 0.4) is 0 Å². The van der Waals surface area contributed by atoms with Crippen LogP contribution in [0.4, 0.5) is 20.2 Å². The average Bonchev–Trinajstić information content (AvgIpc) is 3.68. The van der Waals surface area contributed by atoms with Gasteiger partial charge in [0.25, 0.3) is 5.91 Å². The lowest BCUT2D eigenvalue weighted by atomic mass is 10.0. The largest absolute Gasteiger partial charge is 0.364 e. The summed E-state index contributed by atoms with van der Waals surface area (Å²) in [6.07, 6.45) is 0.649. The van der Waals surface area contributed by atoms with Gasteiger partial charge in [0.05, 0.1) is 28.5 Å². The van der Waals surface area contributed by atoms with Crippen LogP contribution in [0.2, 0.25) is 5.02 Å². The number of aliphatic imine (C=N–C) groups is 1. The van der Waals surface area contributed by atoms with Gasteiger partial charge in [-0.25, -0.2) is 8.78 Å². The lowest BCUT2D eigenvalue weighted by molar-refractivity contribution is -0.137. The fourth-order valence-electron chi connectivity index (χ4n) is 5.39. The van der Waals surface area contributed by atoms with E-state index in [1.807, 2.05) is 6.07 Å². The molecule has 1 fully saturated rings.